The summed E-state index contributed by atoms with van der Waals surface area (Å²) in [6.07, 6.45) is 5.64. The molecule has 1 aromatic carbocycles. The Morgan fingerprint density at radius 2 is 1.94 bits per heavy atom. The molecule has 4 aromatic rings. The van der Waals surface area contributed by atoms with Gasteiger partial charge in [-0.05, 0) is 51.0 Å². The number of imidazole rings is 1. The van der Waals surface area contributed by atoms with Gasteiger partial charge in [-0.2, -0.15) is 0 Å². The first kappa shape index (κ1) is 22.1. The summed E-state index contributed by atoms with van der Waals surface area (Å²) >= 11 is 0. The minimum absolute atomic E-state index is 0.0473. The lowest BCUT2D eigenvalue weighted by Crippen LogP contribution is -2.33. The molecule has 0 radical (unpaired) electrons. The third kappa shape index (κ3) is 3.70. The van der Waals surface area contributed by atoms with Crippen LogP contribution in [-0.4, -0.2) is 44.6 Å². The van der Waals surface area contributed by atoms with Crippen molar-refractivity contribution >= 4 is 22.8 Å². The minimum atomic E-state index is -0.655. The van der Waals surface area contributed by atoms with E-state index in [2.05, 4.69) is 34.0 Å². The second-order valence-corrected chi connectivity index (χ2v) is 8.84. The molecule has 176 valence electrons. The molecular weight excluding hydrogens is 435 g/mol. The van der Waals surface area contributed by atoms with Gasteiger partial charge >= 0.3 is 0 Å². The Kier molecular flexibility index (Phi) is 5.55. The SMILES string of the molecule is CNC(=O)c1ccc2c(nc(-c3ccc(N4[C@@H](C)CC[C@@H]4C)nc3)n2Cc2coc(C)n2)c1F. The number of oxazole rings is 1. The van der Waals surface area contributed by atoms with Crippen LogP contribution in [0.1, 0.15) is 48.6 Å². The number of carbonyl (C=O) groups excluding carboxylic acids is 1. The molecule has 1 saturated heterocycles. The van der Waals surface area contributed by atoms with Gasteiger partial charge in [-0.3, -0.25) is 4.79 Å². The lowest BCUT2D eigenvalue weighted by Gasteiger charge is -2.27. The number of aromatic nitrogens is 4. The maximum absolute atomic E-state index is 15.3. The second-order valence-electron chi connectivity index (χ2n) is 8.84. The second kappa shape index (κ2) is 8.55. The third-order valence-corrected chi connectivity index (χ3v) is 6.54. The van der Waals surface area contributed by atoms with Gasteiger partial charge in [-0.25, -0.2) is 19.3 Å². The molecule has 1 N–H and O–H groups in total. The van der Waals surface area contributed by atoms with Crippen LogP contribution in [0.2, 0.25) is 0 Å². The van der Waals surface area contributed by atoms with Gasteiger partial charge in [0.15, 0.2) is 11.7 Å². The molecule has 0 unspecified atom stereocenters. The van der Waals surface area contributed by atoms with Crippen molar-refractivity contribution in [2.75, 3.05) is 11.9 Å². The van der Waals surface area contributed by atoms with Gasteiger partial charge in [0.25, 0.3) is 5.91 Å². The molecule has 0 aliphatic carbocycles. The van der Waals surface area contributed by atoms with E-state index in [1.165, 1.54) is 13.1 Å². The standard InChI is InChI=1S/C25H27FN6O2/c1-14-5-6-15(2)32(14)21-10-7-17(11-28-21)24-30-23-20(9-8-19(22(23)26)25(33)27-4)31(24)12-18-13-34-16(3)29-18/h7-11,13-15H,5-6,12H2,1-4H3,(H,27,33)/t14-,15-/m0/s1. The van der Waals surface area contributed by atoms with Crippen LogP contribution >= 0.6 is 0 Å². The van der Waals surface area contributed by atoms with Crippen LogP contribution in [0.5, 0.6) is 0 Å². The Balaban J connectivity index is 1.62. The van der Waals surface area contributed by atoms with Crippen LogP contribution in [0.25, 0.3) is 22.4 Å². The number of amides is 1. The summed E-state index contributed by atoms with van der Waals surface area (Å²) in [5, 5.41) is 2.47. The molecule has 0 spiro atoms. The van der Waals surface area contributed by atoms with Crippen molar-refractivity contribution in [3.8, 4) is 11.4 Å². The molecule has 0 saturated carbocycles. The first-order valence-electron chi connectivity index (χ1n) is 11.4. The highest BCUT2D eigenvalue weighted by Crippen LogP contribution is 2.32. The van der Waals surface area contributed by atoms with Crippen molar-refractivity contribution in [1.29, 1.82) is 0 Å². The highest BCUT2D eigenvalue weighted by atomic mass is 19.1. The Morgan fingerprint density at radius 1 is 1.18 bits per heavy atom. The maximum Gasteiger partial charge on any atom is 0.254 e. The quantitative estimate of drug-likeness (QED) is 0.475. The van der Waals surface area contributed by atoms with Crippen LogP contribution in [0.4, 0.5) is 10.2 Å². The van der Waals surface area contributed by atoms with Gasteiger partial charge in [0.2, 0.25) is 0 Å². The first-order chi connectivity index (χ1) is 16.4. The molecule has 34 heavy (non-hydrogen) atoms. The molecule has 9 heteroatoms. The zero-order valence-corrected chi connectivity index (χ0v) is 19.7. The van der Waals surface area contributed by atoms with E-state index in [1.807, 2.05) is 16.7 Å². The Labute approximate surface area is 196 Å². The highest BCUT2D eigenvalue weighted by Gasteiger charge is 2.28. The smallest absolute Gasteiger partial charge is 0.254 e. The normalized spacial score (nSPS) is 18.1. The minimum Gasteiger partial charge on any atom is -0.449 e. The average molecular weight is 463 g/mol. The van der Waals surface area contributed by atoms with Gasteiger partial charge in [0, 0.05) is 37.8 Å². The number of hydrogen-bond acceptors (Lipinski definition) is 6. The monoisotopic (exact) mass is 462 g/mol. The predicted octanol–water partition coefficient (Wildman–Crippen LogP) is 4.32. The fraction of sp³-hybridized carbons (Fsp3) is 0.360. The number of anilines is 1. The Hall–Kier alpha value is -3.75. The Morgan fingerprint density at radius 3 is 2.56 bits per heavy atom. The number of nitrogens with zero attached hydrogens (tertiary/aromatic N) is 5. The van der Waals surface area contributed by atoms with Crippen molar-refractivity contribution in [2.24, 2.45) is 0 Å². The van der Waals surface area contributed by atoms with Gasteiger partial charge in [0.1, 0.15) is 23.4 Å². The van der Waals surface area contributed by atoms with Crippen molar-refractivity contribution < 1.29 is 13.6 Å². The zero-order chi connectivity index (χ0) is 24.0. The molecule has 0 bridgehead atoms. The number of halogens is 1. The molecule has 1 aliphatic heterocycles. The van der Waals surface area contributed by atoms with Crippen molar-refractivity contribution in [3.05, 3.63) is 59.7 Å². The van der Waals surface area contributed by atoms with Crippen LogP contribution in [0, 0.1) is 12.7 Å². The van der Waals surface area contributed by atoms with E-state index in [9.17, 15) is 4.79 Å². The summed E-state index contributed by atoms with van der Waals surface area (Å²) in [7, 11) is 1.47. The van der Waals surface area contributed by atoms with E-state index in [-0.39, 0.29) is 11.1 Å². The number of carbonyl (C=O) groups is 1. The first-order valence-corrected chi connectivity index (χ1v) is 11.4. The van der Waals surface area contributed by atoms with E-state index in [4.69, 9.17) is 9.40 Å². The van der Waals surface area contributed by atoms with E-state index >= 15 is 4.39 Å². The number of benzene rings is 1. The fourth-order valence-corrected chi connectivity index (χ4v) is 4.81. The van der Waals surface area contributed by atoms with Crippen LogP contribution in [0.15, 0.2) is 41.1 Å². The predicted molar refractivity (Wildman–Crippen MR) is 127 cm³/mol. The summed E-state index contributed by atoms with van der Waals surface area (Å²) < 4.78 is 22.6. The van der Waals surface area contributed by atoms with Gasteiger partial charge in [-0.1, -0.05) is 0 Å². The molecule has 1 aliphatic rings. The van der Waals surface area contributed by atoms with E-state index < -0.39 is 11.7 Å². The lowest BCUT2D eigenvalue weighted by atomic mass is 10.1. The van der Waals surface area contributed by atoms with Crippen molar-refractivity contribution in [3.63, 3.8) is 0 Å². The largest absolute Gasteiger partial charge is 0.449 e. The molecule has 1 amide bonds. The molecule has 5 rings (SSSR count). The van der Waals surface area contributed by atoms with E-state index in [0.29, 0.717) is 41.6 Å². The molecule has 1 fully saturated rings. The average Bonchev–Trinajstić information content (AvgIpc) is 3.51. The van der Waals surface area contributed by atoms with Crippen molar-refractivity contribution in [1.82, 2.24) is 24.8 Å². The molecule has 2 atom stereocenters. The van der Waals surface area contributed by atoms with E-state index in [0.717, 1.165) is 24.2 Å². The fourth-order valence-electron chi connectivity index (χ4n) is 4.81. The molecular formula is C25H27FN6O2. The van der Waals surface area contributed by atoms with Crippen LogP contribution in [-0.2, 0) is 6.54 Å². The number of nitrogens with one attached hydrogen (secondary N) is 1. The highest BCUT2D eigenvalue weighted by molar-refractivity contribution is 5.98. The van der Waals surface area contributed by atoms with E-state index in [1.54, 1.807) is 25.5 Å². The van der Waals surface area contributed by atoms with Gasteiger partial charge < -0.3 is 19.2 Å². The van der Waals surface area contributed by atoms with Crippen LogP contribution in [0.3, 0.4) is 0 Å². The number of hydrogen-bond donors (Lipinski definition) is 1. The topological polar surface area (TPSA) is 89.1 Å². The third-order valence-electron chi connectivity index (χ3n) is 6.54. The lowest BCUT2D eigenvalue weighted by molar-refractivity contribution is 0.0959. The number of rotatable bonds is 5. The van der Waals surface area contributed by atoms with Crippen molar-refractivity contribution in [2.45, 2.75) is 52.2 Å². The molecule has 8 nitrogen and oxygen atoms in total. The summed E-state index contributed by atoms with van der Waals surface area (Å²) in [6.45, 7) is 6.54. The summed E-state index contributed by atoms with van der Waals surface area (Å²) in [5.41, 5.74) is 2.08. The summed E-state index contributed by atoms with van der Waals surface area (Å²) in [6, 6.07) is 8.01. The number of aryl methyl sites for hydroxylation is 1. The number of pyridine rings is 1. The summed E-state index contributed by atoms with van der Waals surface area (Å²) in [5.74, 6) is 0.864. The van der Waals surface area contributed by atoms with Gasteiger partial charge in [0.05, 0.1) is 23.3 Å². The molecule has 4 heterocycles. The van der Waals surface area contributed by atoms with Crippen LogP contribution < -0.4 is 10.2 Å². The zero-order valence-electron chi connectivity index (χ0n) is 19.7. The molecule has 3 aromatic heterocycles. The summed E-state index contributed by atoms with van der Waals surface area (Å²) in [4.78, 5) is 28.2. The number of fused-ring (bicyclic) bond motifs is 1. The Bertz CT molecular complexity index is 1350. The van der Waals surface area contributed by atoms with Gasteiger partial charge in [-0.15, -0.1) is 0 Å². The maximum atomic E-state index is 15.3.